The standard InChI is InChI=1S/C18H15F2N3OS/c1-10-15(17(24)22-12-7-8-13(19)14(20)9-12)16(23-18(25)21-10)11-5-3-2-4-6-11/h2-9,15-16H,1H2,(H,22,24)(H2,21,23,25)/t15-,16-/m0/s1. The van der Waals surface area contributed by atoms with Crippen LogP contribution < -0.4 is 16.0 Å². The number of carbonyl (C=O) groups is 1. The van der Waals surface area contributed by atoms with Crippen molar-refractivity contribution in [2.75, 3.05) is 5.32 Å². The monoisotopic (exact) mass is 359 g/mol. The number of carbonyl (C=O) groups excluding carboxylic acids is 1. The molecule has 0 radical (unpaired) electrons. The Kier molecular flexibility index (Phi) is 4.76. The van der Waals surface area contributed by atoms with Gasteiger partial charge in [-0.3, -0.25) is 4.79 Å². The number of hydrogen-bond donors (Lipinski definition) is 3. The summed E-state index contributed by atoms with van der Waals surface area (Å²) in [5, 5.41) is 8.88. The second kappa shape index (κ2) is 6.98. The first-order valence-corrected chi connectivity index (χ1v) is 7.93. The fraction of sp³-hybridized carbons (Fsp3) is 0.111. The van der Waals surface area contributed by atoms with E-state index in [0.717, 1.165) is 17.7 Å². The molecule has 2 atom stereocenters. The SMILES string of the molecule is C=C1NC(=S)N[C@@H](c2ccccc2)[C@H]1C(=O)Nc1ccc(F)c(F)c1. The average molecular weight is 359 g/mol. The van der Waals surface area contributed by atoms with Crippen LogP contribution in [-0.2, 0) is 4.79 Å². The molecule has 0 saturated carbocycles. The second-order valence-electron chi connectivity index (χ2n) is 5.61. The maximum Gasteiger partial charge on any atom is 0.235 e. The first-order valence-electron chi connectivity index (χ1n) is 7.53. The molecule has 0 aliphatic carbocycles. The third-order valence-electron chi connectivity index (χ3n) is 3.90. The van der Waals surface area contributed by atoms with Gasteiger partial charge in [0.2, 0.25) is 5.91 Å². The number of amides is 1. The van der Waals surface area contributed by atoms with Crippen molar-refractivity contribution >= 4 is 28.9 Å². The average Bonchev–Trinajstić information content (AvgIpc) is 2.58. The van der Waals surface area contributed by atoms with Crippen LogP contribution in [0.1, 0.15) is 11.6 Å². The van der Waals surface area contributed by atoms with Gasteiger partial charge in [-0.25, -0.2) is 8.78 Å². The Morgan fingerprint density at radius 1 is 1.12 bits per heavy atom. The molecular weight excluding hydrogens is 344 g/mol. The lowest BCUT2D eigenvalue weighted by Gasteiger charge is -2.35. The van der Waals surface area contributed by atoms with Crippen LogP contribution >= 0.6 is 12.2 Å². The number of anilines is 1. The Morgan fingerprint density at radius 3 is 2.52 bits per heavy atom. The summed E-state index contributed by atoms with van der Waals surface area (Å²) < 4.78 is 26.4. The number of nitrogens with one attached hydrogen (secondary N) is 3. The zero-order valence-corrected chi connectivity index (χ0v) is 13.9. The lowest BCUT2D eigenvalue weighted by Crippen LogP contribution is -2.51. The Bertz CT molecular complexity index is 841. The Labute approximate surface area is 148 Å². The van der Waals surface area contributed by atoms with E-state index in [1.54, 1.807) is 0 Å². The zero-order valence-electron chi connectivity index (χ0n) is 13.1. The third-order valence-corrected chi connectivity index (χ3v) is 4.12. The molecule has 1 aliphatic rings. The van der Waals surface area contributed by atoms with Gasteiger partial charge in [0.1, 0.15) is 5.92 Å². The maximum atomic E-state index is 13.4. The molecule has 0 unspecified atom stereocenters. The van der Waals surface area contributed by atoms with Gasteiger partial charge in [0.25, 0.3) is 0 Å². The predicted molar refractivity (Wildman–Crippen MR) is 95.7 cm³/mol. The van der Waals surface area contributed by atoms with Gasteiger partial charge in [0.05, 0.1) is 6.04 Å². The first-order chi connectivity index (χ1) is 12.0. The quantitative estimate of drug-likeness (QED) is 0.737. The van der Waals surface area contributed by atoms with E-state index in [9.17, 15) is 13.6 Å². The minimum Gasteiger partial charge on any atom is -0.354 e. The summed E-state index contributed by atoms with van der Waals surface area (Å²) in [7, 11) is 0. The van der Waals surface area contributed by atoms with Crippen LogP contribution in [0.25, 0.3) is 0 Å². The van der Waals surface area contributed by atoms with Crippen molar-refractivity contribution in [2.45, 2.75) is 6.04 Å². The molecule has 1 aliphatic heterocycles. The first kappa shape index (κ1) is 17.0. The largest absolute Gasteiger partial charge is 0.354 e. The van der Waals surface area contributed by atoms with Gasteiger partial charge in [0.15, 0.2) is 16.7 Å². The molecule has 2 aromatic rings. The summed E-state index contributed by atoms with van der Waals surface area (Å²) in [6.07, 6.45) is 0. The highest BCUT2D eigenvalue weighted by atomic mass is 32.1. The summed E-state index contributed by atoms with van der Waals surface area (Å²) in [5.41, 5.74) is 1.45. The fourth-order valence-electron chi connectivity index (χ4n) is 2.73. The van der Waals surface area contributed by atoms with Crippen molar-refractivity contribution in [1.82, 2.24) is 10.6 Å². The summed E-state index contributed by atoms with van der Waals surface area (Å²) in [6, 6.07) is 12.1. The second-order valence-corrected chi connectivity index (χ2v) is 6.02. The minimum absolute atomic E-state index is 0.164. The van der Waals surface area contributed by atoms with Crippen molar-refractivity contribution in [3.05, 3.63) is 78.0 Å². The van der Waals surface area contributed by atoms with Gasteiger partial charge < -0.3 is 16.0 Å². The number of halogens is 2. The summed E-state index contributed by atoms with van der Waals surface area (Å²) in [4.78, 5) is 12.8. The van der Waals surface area contributed by atoms with Gasteiger partial charge in [0, 0.05) is 17.5 Å². The Morgan fingerprint density at radius 2 is 1.84 bits per heavy atom. The molecule has 2 aromatic carbocycles. The van der Waals surface area contributed by atoms with E-state index in [1.165, 1.54) is 6.07 Å². The molecule has 128 valence electrons. The zero-order chi connectivity index (χ0) is 18.0. The van der Waals surface area contributed by atoms with Gasteiger partial charge in [-0.05, 0) is 29.9 Å². The molecule has 3 N–H and O–H groups in total. The third kappa shape index (κ3) is 3.66. The highest BCUT2D eigenvalue weighted by molar-refractivity contribution is 7.80. The summed E-state index contributed by atoms with van der Waals surface area (Å²) in [6.45, 7) is 3.88. The number of thiocarbonyl (C=S) groups is 1. The Hall–Kier alpha value is -2.80. The minimum atomic E-state index is -1.03. The molecule has 3 rings (SSSR count). The summed E-state index contributed by atoms with van der Waals surface area (Å²) in [5.74, 6) is -3.11. The molecule has 0 bridgehead atoms. The molecule has 1 saturated heterocycles. The number of benzene rings is 2. The van der Waals surface area contributed by atoms with Crippen LogP contribution in [-0.4, -0.2) is 11.0 Å². The van der Waals surface area contributed by atoms with E-state index in [-0.39, 0.29) is 5.69 Å². The van der Waals surface area contributed by atoms with Gasteiger partial charge in [-0.15, -0.1) is 0 Å². The van der Waals surface area contributed by atoms with Crippen molar-refractivity contribution in [1.29, 1.82) is 0 Å². The van der Waals surface area contributed by atoms with Crippen LogP contribution in [0.4, 0.5) is 14.5 Å². The molecule has 0 aromatic heterocycles. The predicted octanol–water partition coefficient (Wildman–Crippen LogP) is 3.25. The van der Waals surface area contributed by atoms with Crippen LogP contribution in [0, 0.1) is 17.6 Å². The molecule has 7 heteroatoms. The fourth-order valence-corrected chi connectivity index (χ4v) is 2.98. The van der Waals surface area contributed by atoms with E-state index < -0.39 is 29.5 Å². The van der Waals surface area contributed by atoms with Gasteiger partial charge in [-0.2, -0.15) is 0 Å². The topological polar surface area (TPSA) is 53.2 Å². The van der Waals surface area contributed by atoms with Crippen LogP contribution in [0.3, 0.4) is 0 Å². The molecular formula is C18H15F2N3OS. The van der Waals surface area contributed by atoms with E-state index in [1.807, 2.05) is 30.3 Å². The van der Waals surface area contributed by atoms with Crippen molar-refractivity contribution < 1.29 is 13.6 Å². The van der Waals surface area contributed by atoms with E-state index in [2.05, 4.69) is 22.5 Å². The van der Waals surface area contributed by atoms with E-state index >= 15 is 0 Å². The molecule has 1 fully saturated rings. The molecule has 1 amide bonds. The smallest absolute Gasteiger partial charge is 0.235 e. The van der Waals surface area contributed by atoms with Crippen LogP contribution in [0.5, 0.6) is 0 Å². The molecule has 4 nitrogen and oxygen atoms in total. The maximum absolute atomic E-state index is 13.4. The number of hydrogen-bond acceptors (Lipinski definition) is 2. The molecule has 25 heavy (non-hydrogen) atoms. The lowest BCUT2D eigenvalue weighted by molar-refractivity contribution is -0.119. The van der Waals surface area contributed by atoms with Gasteiger partial charge in [-0.1, -0.05) is 36.9 Å². The van der Waals surface area contributed by atoms with E-state index in [4.69, 9.17) is 12.2 Å². The van der Waals surface area contributed by atoms with Crippen molar-refractivity contribution in [2.24, 2.45) is 5.92 Å². The highest BCUT2D eigenvalue weighted by Crippen LogP contribution is 2.30. The van der Waals surface area contributed by atoms with E-state index in [0.29, 0.717) is 10.8 Å². The Balaban J connectivity index is 1.88. The number of rotatable bonds is 3. The van der Waals surface area contributed by atoms with Crippen molar-refractivity contribution in [3.63, 3.8) is 0 Å². The summed E-state index contributed by atoms with van der Waals surface area (Å²) >= 11 is 5.15. The molecule has 0 spiro atoms. The molecule has 1 heterocycles. The van der Waals surface area contributed by atoms with Crippen molar-refractivity contribution in [3.8, 4) is 0 Å². The highest BCUT2D eigenvalue weighted by Gasteiger charge is 2.36. The van der Waals surface area contributed by atoms with Gasteiger partial charge >= 0.3 is 0 Å². The normalized spacial score (nSPS) is 19.8. The van der Waals surface area contributed by atoms with Crippen LogP contribution in [0.15, 0.2) is 60.8 Å². The lowest BCUT2D eigenvalue weighted by atomic mass is 9.88. The van der Waals surface area contributed by atoms with Crippen LogP contribution in [0.2, 0.25) is 0 Å².